The Kier molecular flexibility index (Phi) is 10.7. The molecule has 0 aromatic heterocycles. The first-order valence-electron chi connectivity index (χ1n) is 14.1. The van der Waals surface area contributed by atoms with Gasteiger partial charge in [0.05, 0.1) is 20.1 Å². The normalized spacial score (nSPS) is 19.0. The van der Waals surface area contributed by atoms with Crippen LogP contribution < -0.4 is 39.9 Å². The van der Waals surface area contributed by atoms with Crippen molar-refractivity contribution in [3.05, 3.63) is 94.8 Å². The van der Waals surface area contributed by atoms with E-state index in [0.717, 1.165) is 74.5 Å². The molecular weight excluding hydrogens is 616 g/mol. The van der Waals surface area contributed by atoms with Crippen LogP contribution in [0, 0.1) is 5.82 Å². The monoisotopic (exact) mass is 657 g/mol. The summed E-state index contributed by atoms with van der Waals surface area (Å²) in [5.41, 5.74) is 5.30. The van der Waals surface area contributed by atoms with Gasteiger partial charge in [0, 0.05) is 68.5 Å². The van der Waals surface area contributed by atoms with E-state index in [1.165, 1.54) is 17.2 Å². The number of nitrogens with one attached hydrogen (secondary N) is 3. The van der Waals surface area contributed by atoms with Crippen LogP contribution in [0.4, 0.5) is 4.39 Å². The molecule has 8 heteroatoms. The van der Waals surface area contributed by atoms with Crippen LogP contribution >= 0.6 is 0 Å². The molecule has 2 heterocycles. The summed E-state index contributed by atoms with van der Waals surface area (Å²) in [7, 11) is 2.28. The molecule has 0 unspecified atom stereocenters. The lowest BCUT2D eigenvalue weighted by atomic mass is 10.00. The van der Waals surface area contributed by atoms with Crippen LogP contribution in [0.2, 0.25) is 0 Å². The number of benzene rings is 3. The Morgan fingerprint density at radius 3 is 2.58 bits per heavy atom. The minimum absolute atomic E-state index is 0. The lowest BCUT2D eigenvalue weighted by Crippen LogP contribution is -3.00. The van der Waals surface area contributed by atoms with Gasteiger partial charge >= 0.3 is 0 Å². The van der Waals surface area contributed by atoms with Crippen LogP contribution in [0.3, 0.4) is 0 Å². The van der Waals surface area contributed by atoms with E-state index in [9.17, 15) is 9.18 Å². The maximum absolute atomic E-state index is 14.9. The number of rotatable bonds is 8. The molecule has 0 radical (unpaired) electrons. The first-order chi connectivity index (χ1) is 18.9. The van der Waals surface area contributed by atoms with Gasteiger partial charge in [-0.2, -0.15) is 0 Å². The fourth-order valence-electron chi connectivity index (χ4n) is 5.78. The van der Waals surface area contributed by atoms with Gasteiger partial charge in [0.15, 0.2) is 0 Å². The molecule has 3 N–H and O–H groups in total. The lowest BCUT2D eigenvalue weighted by molar-refractivity contribution is -0.924. The number of likely N-dealkylation sites (N-methyl/N-ethyl adjacent to an activating group) is 1. The molecule has 40 heavy (non-hydrogen) atoms. The minimum Gasteiger partial charge on any atom is -1.00 e. The van der Waals surface area contributed by atoms with E-state index in [2.05, 4.69) is 53.0 Å². The highest BCUT2D eigenvalue weighted by Crippen LogP contribution is 2.26. The van der Waals surface area contributed by atoms with Crippen LogP contribution in [-0.2, 0) is 19.6 Å². The topological polar surface area (TPSA) is 56.4 Å². The molecule has 3 aromatic rings. The molecule has 1 atom stereocenters. The molecule has 2 saturated heterocycles. The largest absolute Gasteiger partial charge is 1.00 e. The fourth-order valence-corrected chi connectivity index (χ4v) is 5.78. The third-order valence-corrected chi connectivity index (χ3v) is 7.99. The average molecular weight is 658 g/mol. The van der Waals surface area contributed by atoms with Gasteiger partial charge in [-0.15, -0.1) is 0 Å². The highest BCUT2D eigenvalue weighted by atomic mass is 127. The van der Waals surface area contributed by atoms with E-state index in [1.807, 2.05) is 36.4 Å². The van der Waals surface area contributed by atoms with Gasteiger partial charge in [0.2, 0.25) is 0 Å². The van der Waals surface area contributed by atoms with Crippen molar-refractivity contribution in [3.63, 3.8) is 0 Å². The van der Waals surface area contributed by atoms with E-state index >= 15 is 0 Å². The fraction of sp³-hybridized carbons (Fsp3) is 0.406. The van der Waals surface area contributed by atoms with Gasteiger partial charge < -0.3 is 44.4 Å². The zero-order valence-corrected chi connectivity index (χ0v) is 25.7. The second-order valence-corrected chi connectivity index (χ2v) is 11.5. The molecule has 2 fully saturated rings. The van der Waals surface area contributed by atoms with Gasteiger partial charge in [-0.25, -0.2) is 4.39 Å². The van der Waals surface area contributed by atoms with Gasteiger partial charge in [-0.1, -0.05) is 36.4 Å². The Morgan fingerprint density at radius 1 is 1.00 bits per heavy atom. The summed E-state index contributed by atoms with van der Waals surface area (Å²) in [4.78, 5) is 15.4. The predicted molar refractivity (Wildman–Crippen MR) is 155 cm³/mol. The molecule has 6 nitrogen and oxygen atoms in total. The molecule has 3 aromatic carbocycles. The van der Waals surface area contributed by atoms with Crippen molar-refractivity contribution < 1.29 is 37.6 Å². The maximum atomic E-state index is 14.9. The molecule has 2 aliphatic heterocycles. The number of piperazine rings is 2. The summed E-state index contributed by atoms with van der Waals surface area (Å²) in [6, 6.07) is 21.6. The van der Waals surface area contributed by atoms with E-state index in [4.69, 9.17) is 0 Å². The molecule has 0 bridgehead atoms. The molecular formula is C32H41FIN5O. The number of carbonyl (C=O) groups is 1. The first kappa shape index (κ1) is 30.6. The zero-order valence-electron chi connectivity index (χ0n) is 23.6. The quantitative estimate of drug-likeness (QED) is 0.248. The van der Waals surface area contributed by atoms with E-state index in [0.29, 0.717) is 23.7 Å². The molecule has 0 saturated carbocycles. The van der Waals surface area contributed by atoms with E-state index < -0.39 is 0 Å². The summed E-state index contributed by atoms with van der Waals surface area (Å²) in [6.07, 6.45) is 0. The maximum Gasteiger partial charge on any atom is 0.251 e. The van der Waals surface area contributed by atoms with Crippen molar-refractivity contribution in [2.24, 2.45) is 0 Å². The Bertz CT molecular complexity index is 1300. The lowest BCUT2D eigenvalue weighted by Gasteiger charge is -2.38. The van der Waals surface area contributed by atoms with Crippen LogP contribution in [0.1, 0.15) is 34.0 Å². The third-order valence-electron chi connectivity index (χ3n) is 7.99. The number of hydrogen-bond donors (Lipinski definition) is 3. The minimum atomic E-state index is -0.254. The van der Waals surface area contributed by atoms with E-state index in [1.54, 1.807) is 6.07 Å². The standard InChI is InChI=1S/C32H40FN5O.HI/c1-24-21-37(14-11-35-24)22-26-5-3-7-28(17-26)30-19-25(9-10-31(30)33)20-36-32(39)29-8-4-6-27(18-29)23-38(2)15-12-34-13-16-38;/h3-10,17-19,24,34-35H,11-16,20-23H2,1-2H3;1H/t24-;/m0./s1. The predicted octanol–water partition coefficient (Wildman–Crippen LogP) is 0.770. The van der Waals surface area contributed by atoms with Gasteiger partial charge in [0.1, 0.15) is 12.4 Å². The van der Waals surface area contributed by atoms with Gasteiger partial charge in [-0.05, 0) is 53.9 Å². The SMILES string of the molecule is C[C@H]1CN(Cc2cccc(-c3cc(CNC(=O)c4cccc(C[N+]5(C)CCNCC5)c4)ccc3F)c2)CCN1.[I-]. The molecule has 214 valence electrons. The first-order valence-corrected chi connectivity index (χ1v) is 14.1. The Labute approximate surface area is 254 Å². The summed E-state index contributed by atoms with van der Waals surface area (Å²) < 4.78 is 15.9. The van der Waals surface area contributed by atoms with Crippen molar-refractivity contribution in [3.8, 4) is 11.1 Å². The molecule has 0 aliphatic carbocycles. The van der Waals surface area contributed by atoms with Crippen molar-refractivity contribution in [2.45, 2.75) is 32.6 Å². The number of carbonyl (C=O) groups excluding carboxylic acids is 1. The van der Waals surface area contributed by atoms with Crippen molar-refractivity contribution >= 4 is 5.91 Å². The summed E-state index contributed by atoms with van der Waals surface area (Å²) >= 11 is 0. The Hall–Kier alpha value is -2.37. The second kappa shape index (κ2) is 14.0. The average Bonchev–Trinajstić information content (AvgIpc) is 2.93. The number of hydrogen-bond acceptors (Lipinski definition) is 4. The molecule has 5 rings (SSSR count). The van der Waals surface area contributed by atoms with Crippen molar-refractivity contribution in [2.75, 3.05) is 52.9 Å². The number of halogens is 2. The van der Waals surface area contributed by atoms with Crippen LogP contribution in [0.15, 0.2) is 66.7 Å². The van der Waals surface area contributed by atoms with Gasteiger partial charge in [0.25, 0.3) is 5.91 Å². The van der Waals surface area contributed by atoms with Crippen LogP contribution in [0.5, 0.6) is 0 Å². The van der Waals surface area contributed by atoms with Gasteiger partial charge in [-0.3, -0.25) is 9.69 Å². The highest BCUT2D eigenvalue weighted by molar-refractivity contribution is 5.94. The summed E-state index contributed by atoms with van der Waals surface area (Å²) in [6.45, 7) is 11.5. The van der Waals surface area contributed by atoms with Crippen LogP contribution in [0.25, 0.3) is 11.1 Å². The van der Waals surface area contributed by atoms with Crippen molar-refractivity contribution in [1.82, 2.24) is 20.9 Å². The molecule has 1 amide bonds. The van der Waals surface area contributed by atoms with Crippen LogP contribution in [-0.4, -0.2) is 74.2 Å². The number of nitrogens with zero attached hydrogens (tertiary/aromatic N) is 2. The molecule has 0 spiro atoms. The third kappa shape index (κ3) is 8.10. The smallest absolute Gasteiger partial charge is 0.251 e. The summed E-state index contributed by atoms with van der Waals surface area (Å²) in [5.74, 6) is -0.367. The van der Waals surface area contributed by atoms with Crippen molar-refractivity contribution in [1.29, 1.82) is 0 Å². The molecule has 2 aliphatic rings. The zero-order chi connectivity index (χ0) is 27.2. The summed E-state index contributed by atoms with van der Waals surface area (Å²) in [5, 5.41) is 9.93. The number of amides is 1. The highest BCUT2D eigenvalue weighted by Gasteiger charge is 2.25. The Balaban J connectivity index is 0.00000370. The Morgan fingerprint density at radius 2 is 1.77 bits per heavy atom. The second-order valence-electron chi connectivity index (χ2n) is 11.5. The number of quaternary nitrogens is 1. The van der Waals surface area contributed by atoms with E-state index in [-0.39, 0.29) is 35.7 Å².